The van der Waals surface area contributed by atoms with Crippen molar-refractivity contribution in [3.05, 3.63) is 70.8 Å². The highest BCUT2D eigenvalue weighted by molar-refractivity contribution is 14.1. The van der Waals surface area contributed by atoms with Crippen LogP contribution in [0.15, 0.2) is 48.5 Å². The molecule has 2 aromatic carbocycles. The van der Waals surface area contributed by atoms with Gasteiger partial charge in [-0.2, -0.15) is 9.67 Å². The Kier molecular flexibility index (Phi) is 5.93. The summed E-state index contributed by atoms with van der Waals surface area (Å²) in [5.74, 6) is 2.00. The number of hydrogen-bond donors (Lipinski definition) is 2. The van der Waals surface area contributed by atoms with Crippen molar-refractivity contribution in [2.75, 3.05) is 8.85 Å². The van der Waals surface area contributed by atoms with Gasteiger partial charge in [0.1, 0.15) is 5.78 Å². The van der Waals surface area contributed by atoms with Gasteiger partial charge in [-0.3, -0.25) is 8.32 Å². The van der Waals surface area contributed by atoms with Crippen LogP contribution in [0.25, 0.3) is 17.1 Å². The van der Waals surface area contributed by atoms with E-state index >= 15 is 0 Å². The molecular weight excluding hydrogens is 553 g/mol. The Labute approximate surface area is 217 Å². The lowest BCUT2D eigenvalue weighted by molar-refractivity contribution is -0.118. The maximum Gasteiger partial charge on any atom is 0.248 e. The summed E-state index contributed by atoms with van der Waals surface area (Å²) in [7, 11) is 0. The minimum Gasteiger partial charge on any atom is -0.323 e. The van der Waals surface area contributed by atoms with Gasteiger partial charge < -0.3 is 5.32 Å². The minimum atomic E-state index is 0.333. The van der Waals surface area contributed by atoms with E-state index in [9.17, 15) is 4.79 Å². The van der Waals surface area contributed by atoms with Gasteiger partial charge in [-0.1, -0.05) is 30.3 Å². The Morgan fingerprint density at radius 2 is 1.66 bits per heavy atom. The molecule has 0 atom stereocenters. The molecule has 2 N–H and O–H groups in total. The van der Waals surface area contributed by atoms with Crippen LogP contribution in [0.2, 0.25) is 0 Å². The van der Waals surface area contributed by atoms with E-state index in [0.29, 0.717) is 36.3 Å². The number of benzene rings is 2. The first-order valence-corrected chi connectivity index (χ1v) is 13.0. The fraction of sp³-hybridized carbons (Fsp3) is 0.269. The molecule has 2 heterocycles. The molecule has 0 aliphatic heterocycles. The summed E-state index contributed by atoms with van der Waals surface area (Å²) in [5.41, 5.74) is 7.97. The molecular formula is C26H24IN7O. The summed E-state index contributed by atoms with van der Waals surface area (Å²) >= 11 is 2.05. The highest BCUT2D eigenvalue weighted by atomic mass is 127. The van der Waals surface area contributed by atoms with Crippen LogP contribution in [0.1, 0.15) is 41.5 Å². The van der Waals surface area contributed by atoms with Gasteiger partial charge in [-0.25, -0.2) is 0 Å². The number of ketones is 1. The van der Waals surface area contributed by atoms with Crippen LogP contribution in [0.3, 0.4) is 0 Å². The number of hydrogen-bond acceptors (Lipinski definition) is 7. The first-order valence-electron chi connectivity index (χ1n) is 11.9. The second kappa shape index (κ2) is 9.37. The van der Waals surface area contributed by atoms with Crippen molar-refractivity contribution in [1.82, 2.24) is 25.0 Å². The van der Waals surface area contributed by atoms with Crippen molar-refractivity contribution in [2.45, 2.75) is 44.9 Å². The zero-order valence-corrected chi connectivity index (χ0v) is 21.2. The standard InChI is InChI=1S/C26H24IN7O/c27-30-26-29-25(28-20-11-8-16-9-12-21(35)13-10-18(16)14-20)33-34(26)23-15-19-6-3-5-17-4-1-2-7-22(17)24(19)32-31-23/h1-2,4,7-8,11,14-15H,3,5-6,9-10,12-13H2,(H2,28,29,30,33). The first-order chi connectivity index (χ1) is 17.2. The molecule has 0 bridgehead atoms. The number of rotatable bonds is 4. The first kappa shape index (κ1) is 22.1. The summed E-state index contributed by atoms with van der Waals surface area (Å²) in [6, 6.07) is 16.7. The fourth-order valence-corrected chi connectivity index (χ4v) is 5.30. The minimum absolute atomic E-state index is 0.333. The molecule has 2 aromatic heterocycles. The van der Waals surface area contributed by atoms with E-state index in [1.54, 1.807) is 4.68 Å². The predicted octanol–water partition coefficient (Wildman–Crippen LogP) is 5.17. The monoisotopic (exact) mass is 577 g/mol. The van der Waals surface area contributed by atoms with E-state index in [1.165, 1.54) is 22.3 Å². The Morgan fingerprint density at radius 1 is 0.829 bits per heavy atom. The number of carbonyl (C=O) groups is 1. The van der Waals surface area contributed by atoms with E-state index in [0.717, 1.165) is 49.0 Å². The Bertz CT molecular complexity index is 1430. The molecule has 35 heavy (non-hydrogen) atoms. The van der Waals surface area contributed by atoms with Crippen LogP contribution in [0.5, 0.6) is 0 Å². The van der Waals surface area contributed by atoms with Gasteiger partial charge in [-0.05, 0) is 72.6 Å². The fourth-order valence-electron chi connectivity index (χ4n) is 4.95. The largest absolute Gasteiger partial charge is 0.323 e. The van der Waals surface area contributed by atoms with E-state index < -0.39 is 0 Å². The van der Waals surface area contributed by atoms with Gasteiger partial charge in [0.05, 0.1) is 28.6 Å². The molecule has 2 aliphatic rings. The molecule has 9 heteroatoms. The van der Waals surface area contributed by atoms with Crippen LogP contribution < -0.4 is 8.85 Å². The molecule has 0 saturated carbocycles. The summed E-state index contributed by atoms with van der Waals surface area (Å²) < 4.78 is 4.77. The maximum atomic E-state index is 11.8. The van der Waals surface area contributed by atoms with Crippen molar-refractivity contribution in [2.24, 2.45) is 0 Å². The van der Waals surface area contributed by atoms with Gasteiger partial charge in [-0.15, -0.1) is 15.3 Å². The third-order valence-corrected chi connectivity index (χ3v) is 7.22. The lowest BCUT2D eigenvalue weighted by Gasteiger charge is -2.09. The summed E-state index contributed by atoms with van der Waals surface area (Å²) in [5, 5.41) is 17.1. The third kappa shape index (κ3) is 4.40. The number of nitrogens with zero attached hydrogens (tertiary/aromatic N) is 5. The van der Waals surface area contributed by atoms with E-state index in [4.69, 9.17) is 0 Å². The highest BCUT2D eigenvalue weighted by Gasteiger charge is 2.20. The average molecular weight is 577 g/mol. The van der Waals surface area contributed by atoms with Gasteiger partial charge in [0, 0.05) is 24.1 Å². The predicted molar refractivity (Wildman–Crippen MR) is 143 cm³/mol. The topological polar surface area (TPSA) is 97.6 Å². The van der Waals surface area contributed by atoms with Crippen molar-refractivity contribution in [1.29, 1.82) is 0 Å². The van der Waals surface area contributed by atoms with Crippen LogP contribution in [-0.2, 0) is 30.5 Å². The third-order valence-electron chi connectivity index (χ3n) is 6.74. The summed E-state index contributed by atoms with van der Waals surface area (Å²) in [6.07, 6.45) is 5.87. The molecule has 2 aliphatic carbocycles. The lowest BCUT2D eigenvalue weighted by atomic mass is 10.0. The van der Waals surface area contributed by atoms with Gasteiger partial charge in [0.2, 0.25) is 11.9 Å². The Balaban J connectivity index is 1.30. The molecule has 4 aromatic rings. The molecule has 0 unspecified atom stereocenters. The number of Topliss-reactive ketones (excluding diaryl/α,β-unsaturated/α-hetero) is 1. The van der Waals surface area contributed by atoms with Crippen molar-refractivity contribution in [3.8, 4) is 17.1 Å². The van der Waals surface area contributed by atoms with Crippen LogP contribution >= 0.6 is 22.9 Å². The van der Waals surface area contributed by atoms with Crippen LogP contribution in [-0.4, -0.2) is 30.7 Å². The highest BCUT2D eigenvalue weighted by Crippen LogP contribution is 2.32. The Morgan fingerprint density at radius 3 is 2.54 bits per heavy atom. The van der Waals surface area contributed by atoms with Crippen LogP contribution in [0.4, 0.5) is 17.6 Å². The second-order valence-electron chi connectivity index (χ2n) is 9.00. The smallest absolute Gasteiger partial charge is 0.248 e. The molecule has 8 nitrogen and oxygen atoms in total. The molecule has 6 rings (SSSR count). The number of halogens is 1. The molecule has 0 saturated heterocycles. The van der Waals surface area contributed by atoms with E-state index in [1.807, 2.05) is 6.07 Å². The Hall–Kier alpha value is -3.34. The molecule has 0 radical (unpaired) electrons. The van der Waals surface area contributed by atoms with Crippen molar-refractivity contribution in [3.63, 3.8) is 0 Å². The molecule has 0 spiro atoms. The van der Waals surface area contributed by atoms with Crippen LogP contribution in [0, 0.1) is 0 Å². The SMILES string of the molecule is O=C1CCc2ccc(Nc3nc(NI)n(-c4cc5c(nn4)-c4ccccc4CCC5)n3)cc2CC1. The quantitative estimate of drug-likeness (QED) is 0.196. The lowest BCUT2D eigenvalue weighted by Crippen LogP contribution is -2.07. The van der Waals surface area contributed by atoms with Crippen molar-refractivity contribution < 1.29 is 4.79 Å². The number of carbonyl (C=O) groups excluding carboxylic acids is 1. The van der Waals surface area contributed by atoms with Crippen molar-refractivity contribution >= 4 is 46.2 Å². The number of aromatic nitrogens is 5. The number of fused-ring (bicyclic) bond motifs is 4. The van der Waals surface area contributed by atoms with Gasteiger partial charge in [0.25, 0.3) is 0 Å². The normalized spacial score (nSPS) is 14.8. The summed E-state index contributed by atoms with van der Waals surface area (Å²) in [4.78, 5) is 16.5. The molecule has 176 valence electrons. The zero-order chi connectivity index (χ0) is 23.8. The summed E-state index contributed by atoms with van der Waals surface area (Å²) in [6.45, 7) is 0. The van der Waals surface area contributed by atoms with E-state index in [2.05, 4.69) is 94.5 Å². The number of aryl methyl sites for hydroxylation is 4. The molecule has 0 fully saturated rings. The number of anilines is 3. The molecule has 0 amide bonds. The zero-order valence-electron chi connectivity index (χ0n) is 19.1. The second-order valence-corrected chi connectivity index (χ2v) is 9.54. The maximum absolute atomic E-state index is 11.8. The van der Waals surface area contributed by atoms with E-state index in [-0.39, 0.29) is 0 Å². The number of nitrogens with one attached hydrogen (secondary N) is 2. The van der Waals surface area contributed by atoms with Gasteiger partial charge in [0.15, 0.2) is 5.82 Å². The average Bonchev–Trinajstić information content (AvgIpc) is 3.07. The van der Waals surface area contributed by atoms with Gasteiger partial charge >= 0.3 is 0 Å².